The molecule has 3 aromatic rings. The summed E-state index contributed by atoms with van der Waals surface area (Å²) in [5.74, 6) is 1.08. The van der Waals surface area contributed by atoms with Crippen molar-refractivity contribution in [1.29, 1.82) is 0 Å². The van der Waals surface area contributed by atoms with E-state index in [4.69, 9.17) is 16.3 Å². The van der Waals surface area contributed by atoms with Crippen LogP contribution in [-0.2, 0) is 4.79 Å². The lowest BCUT2D eigenvalue weighted by Crippen LogP contribution is -2.71. The molecule has 3 heterocycles. The molecule has 1 fully saturated rings. The molecule has 0 spiro atoms. The van der Waals surface area contributed by atoms with E-state index in [2.05, 4.69) is 72.9 Å². The number of hydrogen-bond donors (Lipinski definition) is 2. The minimum absolute atomic E-state index is 0.00682. The van der Waals surface area contributed by atoms with Crippen molar-refractivity contribution in [3.63, 3.8) is 0 Å². The Labute approximate surface area is 236 Å². The molecule has 0 saturated carbocycles. The van der Waals surface area contributed by atoms with Crippen LogP contribution in [0.1, 0.15) is 40.2 Å². The van der Waals surface area contributed by atoms with Crippen molar-refractivity contribution in [2.45, 2.75) is 53.3 Å². The number of halogens is 1. The average Bonchev–Trinajstić information content (AvgIpc) is 3.37. The third kappa shape index (κ3) is 4.61. The summed E-state index contributed by atoms with van der Waals surface area (Å²) in [7, 11) is 0. The van der Waals surface area contributed by atoms with E-state index in [0.29, 0.717) is 23.2 Å². The fourth-order valence-corrected chi connectivity index (χ4v) is 6.74. The minimum Gasteiger partial charge on any atom is -0.475 e. The molecule has 2 N–H and O–H groups in total. The number of rotatable bonds is 10. The van der Waals surface area contributed by atoms with Gasteiger partial charge in [-0.3, -0.25) is 19.7 Å². The Morgan fingerprint density at radius 1 is 1.10 bits per heavy atom. The quantitative estimate of drug-likeness (QED) is 0.348. The van der Waals surface area contributed by atoms with Gasteiger partial charge in [-0.15, -0.1) is 0 Å². The molecule has 2 aromatic carbocycles. The molecule has 0 unspecified atom stereocenters. The standard InChI is InChI=1S/C30H41ClN6O2/c1-7-35(8-2)30(6,36(9-3)10-4)28-29(38)37(18-20-15-32-16-20)25-14-23(31)21(13-26(25)39-28)27-19(5)11-12-24-22(27)17-33-34-24/h11-14,17,20,28,32H,7-10,15-16,18H2,1-6H3,(H,33,34)/t28-/m1/s1. The normalized spacial score (nSPS) is 18.1. The zero-order chi connectivity index (χ0) is 27.9. The number of hydrogen-bond acceptors (Lipinski definition) is 6. The van der Waals surface area contributed by atoms with Gasteiger partial charge < -0.3 is 15.0 Å². The highest BCUT2D eigenvalue weighted by atomic mass is 35.5. The molecular formula is C30H41ClN6O2. The molecule has 1 aromatic heterocycles. The molecule has 210 valence electrons. The number of ether oxygens (including phenoxy) is 1. The highest BCUT2D eigenvalue weighted by Crippen LogP contribution is 2.46. The van der Waals surface area contributed by atoms with Crippen LogP contribution in [0.15, 0.2) is 30.5 Å². The second kappa shape index (κ2) is 11.1. The molecule has 5 rings (SSSR count). The van der Waals surface area contributed by atoms with Gasteiger partial charge in [0.05, 0.1) is 22.4 Å². The summed E-state index contributed by atoms with van der Waals surface area (Å²) in [6.07, 6.45) is 1.15. The van der Waals surface area contributed by atoms with Gasteiger partial charge in [-0.1, -0.05) is 45.4 Å². The van der Waals surface area contributed by atoms with Crippen molar-refractivity contribution >= 4 is 34.1 Å². The van der Waals surface area contributed by atoms with Crippen LogP contribution in [0.4, 0.5) is 5.69 Å². The lowest BCUT2D eigenvalue weighted by molar-refractivity contribution is -0.151. The summed E-state index contributed by atoms with van der Waals surface area (Å²) in [5, 5.41) is 12.3. The van der Waals surface area contributed by atoms with Gasteiger partial charge in [0.2, 0.25) is 6.10 Å². The number of carbonyl (C=O) groups excluding carboxylic acids is 1. The molecule has 1 amide bonds. The zero-order valence-electron chi connectivity index (χ0n) is 24.0. The first-order valence-corrected chi connectivity index (χ1v) is 14.6. The predicted molar refractivity (Wildman–Crippen MR) is 159 cm³/mol. The number of likely N-dealkylation sites (N-methyl/N-ethyl adjacent to an activating group) is 2. The number of aromatic amines is 1. The van der Waals surface area contributed by atoms with Crippen LogP contribution < -0.4 is 15.0 Å². The molecule has 0 aliphatic carbocycles. The highest BCUT2D eigenvalue weighted by Gasteiger charge is 2.52. The van der Waals surface area contributed by atoms with Crippen LogP contribution in [0.3, 0.4) is 0 Å². The first-order chi connectivity index (χ1) is 18.8. The molecule has 1 saturated heterocycles. The first-order valence-electron chi connectivity index (χ1n) is 14.2. The average molecular weight is 553 g/mol. The van der Waals surface area contributed by atoms with E-state index < -0.39 is 11.8 Å². The number of anilines is 1. The smallest absolute Gasteiger partial charge is 0.271 e. The van der Waals surface area contributed by atoms with Gasteiger partial charge in [0, 0.05) is 36.5 Å². The Morgan fingerprint density at radius 3 is 2.36 bits per heavy atom. The maximum absolute atomic E-state index is 14.4. The summed E-state index contributed by atoms with van der Waals surface area (Å²) in [6, 6.07) is 8.05. The molecule has 0 bridgehead atoms. The topological polar surface area (TPSA) is 76.7 Å². The van der Waals surface area contributed by atoms with Crippen molar-refractivity contribution in [1.82, 2.24) is 25.3 Å². The van der Waals surface area contributed by atoms with E-state index in [1.165, 1.54) is 0 Å². The Morgan fingerprint density at radius 2 is 1.77 bits per heavy atom. The Kier molecular flexibility index (Phi) is 7.93. The van der Waals surface area contributed by atoms with Gasteiger partial charge in [-0.25, -0.2) is 0 Å². The Bertz CT molecular complexity index is 1330. The Hall–Kier alpha value is -2.65. The van der Waals surface area contributed by atoms with Crippen LogP contribution >= 0.6 is 11.6 Å². The number of carbonyl (C=O) groups is 1. The summed E-state index contributed by atoms with van der Waals surface area (Å²) in [4.78, 5) is 21.0. The van der Waals surface area contributed by atoms with Gasteiger partial charge in [0.15, 0.2) is 0 Å². The SMILES string of the molecule is CCN(CC)C(C)([C@@H]1Oc2cc(-c3c(C)ccc4[nH]ncc34)c(Cl)cc2N(CC2CNC2)C1=O)N(CC)CC. The van der Waals surface area contributed by atoms with E-state index in [1.54, 1.807) is 0 Å². The number of aromatic nitrogens is 2. The predicted octanol–water partition coefficient (Wildman–Crippen LogP) is 4.90. The number of benzene rings is 2. The molecule has 2 aliphatic rings. The van der Waals surface area contributed by atoms with Crippen molar-refractivity contribution < 1.29 is 9.53 Å². The first kappa shape index (κ1) is 27.9. The van der Waals surface area contributed by atoms with Crippen LogP contribution in [0.2, 0.25) is 5.02 Å². The van der Waals surface area contributed by atoms with Crippen molar-refractivity contribution in [3.8, 4) is 16.9 Å². The molecule has 9 heteroatoms. The molecule has 0 radical (unpaired) electrons. The molecule has 8 nitrogen and oxygen atoms in total. The monoisotopic (exact) mass is 552 g/mol. The largest absolute Gasteiger partial charge is 0.475 e. The van der Waals surface area contributed by atoms with E-state index in [0.717, 1.165) is 72.5 Å². The van der Waals surface area contributed by atoms with E-state index >= 15 is 0 Å². The second-order valence-corrected chi connectivity index (χ2v) is 11.2. The van der Waals surface area contributed by atoms with Crippen LogP contribution in [0, 0.1) is 12.8 Å². The van der Waals surface area contributed by atoms with E-state index in [-0.39, 0.29) is 5.91 Å². The fraction of sp³-hybridized carbons (Fsp3) is 0.533. The third-order valence-corrected chi connectivity index (χ3v) is 9.10. The van der Waals surface area contributed by atoms with Crippen LogP contribution in [-0.4, -0.2) is 83.5 Å². The maximum atomic E-state index is 14.4. The van der Waals surface area contributed by atoms with Crippen molar-refractivity contribution in [3.05, 3.63) is 41.0 Å². The van der Waals surface area contributed by atoms with Crippen LogP contribution in [0.25, 0.3) is 22.0 Å². The molecular weight excluding hydrogens is 512 g/mol. The number of aryl methyl sites for hydroxylation is 1. The van der Waals surface area contributed by atoms with Gasteiger partial charge in [-0.2, -0.15) is 5.10 Å². The number of amides is 1. The lowest BCUT2D eigenvalue weighted by atomic mass is 9.93. The Balaban J connectivity index is 1.68. The minimum atomic E-state index is -0.697. The second-order valence-electron chi connectivity index (χ2n) is 10.8. The van der Waals surface area contributed by atoms with Gasteiger partial charge >= 0.3 is 0 Å². The fourth-order valence-electron chi connectivity index (χ4n) is 6.49. The van der Waals surface area contributed by atoms with Gasteiger partial charge in [0.25, 0.3) is 5.91 Å². The van der Waals surface area contributed by atoms with Crippen LogP contribution in [0.5, 0.6) is 5.75 Å². The number of nitrogens with zero attached hydrogens (tertiary/aromatic N) is 4. The highest BCUT2D eigenvalue weighted by molar-refractivity contribution is 6.34. The molecule has 1 atom stereocenters. The van der Waals surface area contributed by atoms with Crippen molar-refractivity contribution in [2.24, 2.45) is 5.92 Å². The molecule has 39 heavy (non-hydrogen) atoms. The lowest BCUT2D eigenvalue weighted by Gasteiger charge is -2.53. The number of fused-ring (bicyclic) bond motifs is 2. The van der Waals surface area contributed by atoms with E-state index in [9.17, 15) is 4.79 Å². The summed E-state index contributed by atoms with van der Waals surface area (Å²) < 4.78 is 6.82. The van der Waals surface area contributed by atoms with Crippen molar-refractivity contribution in [2.75, 3.05) is 50.7 Å². The van der Waals surface area contributed by atoms with E-state index in [1.807, 2.05) is 29.3 Å². The summed E-state index contributed by atoms with van der Waals surface area (Å²) in [5.41, 5.74) is 4.07. The summed E-state index contributed by atoms with van der Waals surface area (Å²) in [6.45, 7) is 18.5. The van der Waals surface area contributed by atoms with Gasteiger partial charge in [-0.05, 0) is 69.4 Å². The summed E-state index contributed by atoms with van der Waals surface area (Å²) >= 11 is 7.00. The number of nitrogens with one attached hydrogen (secondary N) is 2. The van der Waals surface area contributed by atoms with Gasteiger partial charge in [0.1, 0.15) is 11.4 Å². The zero-order valence-corrected chi connectivity index (χ0v) is 24.7. The molecule has 2 aliphatic heterocycles. The third-order valence-electron chi connectivity index (χ3n) is 8.79. The maximum Gasteiger partial charge on any atom is 0.271 e. The number of H-pyrrole nitrogens is 1.